The van der Waals surface area contributed by atoms with Crippen molar-refractivity contribution < 1.29 is 19.1 Å². The minimum atomic E-state index is -0.376. The van der Waals surface area contributed by atoms with Crippen LogP contribution < -0.4 is 15.4 Å². The van der Waals surface area contributed by atoms with Crippen molar-refractivity contribution in [3.8, 4) is 5.75 Å². The lowest BCUT2D eigenvalue weighted by Crippen LogP contribution is -2.34. The molecule has 1 heterocycles. The Morgan fingerprint density at radius 3 is 2.48 bits per heavy atom. The normalized spacial score (nSPS) is 13.1. The van der Waals surface area contributed by atoms with Crippen molar-refractivity contribution in [1.82, 2.24) is 5.32 Å². The number of hydrogen-bond donors (Lipinski definition) is 2. The first kappa shape index (κ1) is 25.2. The van der Waals surface area contributed by atoms with Gasteiger partial charge in [-0.15, -0.1) is 11.3 Å². The number of benzene rings is 1. The fraction of sp³-hybridized carbons (Fsp3) is 0.480. The number of amides is 1. The van der Waals surface area contributed by atoms with Crippen LogP contribution in [0.5, 0.6) is 5.75 Å². The van der Waals surface area contributed by atoms with Gasteiger partial charge in [0, 0.05) is 11.3 Å². The number of esters is 1. The Morgan fingerprint density at radius 2 is 1.82 bits per heavy atom. The van der Waals surface area contributed by atoms with E-state index in [4.69, 9.17) is 21.7 Å². The summed E-state index contributed by atoms with van der Waals surface area (Å²) in [4.78, 5) is 25.8. The van der Waals surface area contributed by atoms with Crippen molar-refractivity contribution in [1.29, 1.82) is 0 Å². The highest BCUT2D eigenvalue weighted by Gasteiger charge is 2.26. The molecular formula is C25H32N2O4S2. The number of carbonyl (C=O) groups is 2. The maximum absolute atomic E-state index is 12.3. The Labute approximate surface area is 205 Å². The highest BCUT2D eigenvalue weighted by Crippen LogP contribution is 2.38. The number of nitrogens with one attached hydrogen (secondary N) is 2. The number of fused-ring (bicyclic) bond motifs is 1. The summed E-state index contributed by atoms with van der Waals surface area (Å²) in [5.41, 5.74) is 2.93. The lowest BCUT2D eigenvalue weighted by molar-refractivity contribution is -0.119. The summed E-state index contributed by atoms with van der Waals surface area (Å²) in [6.07, 6.45) is 4.82. The van der Waals surface area contributed by atoms with E-state index in [0.29, 0.717) is 23.6 Å². The third-order valence-corrected chi connectivity index (χ3v) is 6.99. The van der Waals surface area contributed by atoms with E-state index in [2.05, 4.69) is 43.5 Å². The second-order valence-electron chi connectivity index (χ2n) is 9.14. The fourth-order valence-corrected chi connectivity index (χ4v) is 5.33. The fourth-order valence-electron chi connectivity index (χ4n) is 3.77. The first-order chi connectivity index (χ1) is 15.7. The molecule has 2 N–H and O–H groups in total. The zero-order valence-corrected chi connectivity index (χ0v) is 21.3. The molecule has 178 valence electrons. The molecule has 33 heavy (non-hydrogen) atoms. The minimum Gasteiger partial charge on any atom is -0.494 e. The molecule has 2 aromatic rings. The number of ether oxygens (including phenoxy) is 2. The maximum atomic E-state index is 12.3. The van der Waals surface area contributed by atoms with E-state index in [0.717, 1.165) is 37.0 Å². The van der Waals surface area contributed by atoms with Gasteiger partial charge in [0.1, 0.15) is 10.8 Å². The lowest BCUT2D eigenvalue weighted by atomic mass is 9.87. The molecular weight excluding hydrogens is 456 g/mol. The van der Waals surface area contributed by atoms with Crippen LogP contribution in [0.1, 0.15) is 72.8 Å². The van der Waals surface area contributed by atoms with Crippen molar-refractivity contribution in [2.75, 3.05) is 19.0 Å². The van der Waals surface area contributed by atoms with Crippen LogP contribution >= 0.6 is 23.6 Å². The van der Waals surface area contributed by atoms with Crippen molar-refractivity contribution in [3.05, 3.63) is 45.8 Å². The van der Waals surface area contributed by atoms with Crippen molar-refractivity contribution >= 4 is 45.5 Å². The minimum absolute atomic E-state index is 0.100. The van der Waals surface area contributed by atoms with Crippen molar-refractivity contribution in [2.24, 2.45) is 0 Å². The molecule has 1 aliphatic rings. The quantitative estimate of drug-likeness (QED) is 0.309. The highest BCUT2D eigenvalue weighted by molar-refractivity contribution is 7.80. The van der Waals surface area contributed by atoms with Gasteiger partial charge in [0.2, 0.25) is 5.91 Å². The molecule has 1 aliphatic carbocycles. The zero-order valence-electron chi connectivity index (χ0n) is 19.7. The van der Waals surface area contributed by atoms with Crippen molar-refractivity contribution in [3.63, 3.8) is 0 Å². The zero-order chi connectivity index (χ0) is 24.0. The van der Waals surface area contributed by atoms with Crippen LogP contribution in [-0.2, 0) is 27.8 Å². The Balaban J connectivity index is 1.46. The first-order valence-corrected chi connectivity index (χ1v) is 12.5. The van der Waals surface area contributed by atoms with Crippen molar-refractivity contribution in [2.45, 2.75) is 64.7 Å². The monoisotopic (exact) mass is 488 g/mol. The summed E-state index contributed by atoms with van der Waals surface area (Å²) < 4.78 is 10.7. The molecule has 3 rings (SSSR count). The van der Waals surface area contributed by atoms with Crippen LogP contribution in [-0.4, -0.2) is 30.7 Å². The number of hydrogen-bond acceptors (Lipinski definition) is 6. The molecule has 0 spiro atoms. The predicted octanol–water partition coefficient (Wildman–Crippen LogP) is 5.38. The van der Waals surface area contributed by atoms with E-state index in [-0.39, 0.29) is 28.8 Å². The van der Waals surface area contributed by atoms with E-state index in [9.17, 15) is 9.59 Å². The Bertz CT molecular complexity index is 1010. The average molecular weight is 489 g/mol. The molecule has 6 nitrogen and oxygen atoms in total. The molecule has 0 aliphatic heterocycles. The molecule has 1 amide bonds. The number of methoxy groups -OCH3 is 1. The topological polar surface area (TPSA) is 76.7 Å². The first-order valence-electron chi connectivity index (χ1n) is 11.3. The lowest BCUT2D eigenvalue weighted by Gasteiger charge is -2.19. The van der Waals surface area contributed by atoms with Gasteiger partial charge in [-0.2, -0.15) is 0 Å². The van der Waals surface area contributed by atoms with Gasteiger partial charge in [-0.3, -0.25) is 4.79 Å². The van der Waals surface area contributed by atoms with Gasteiger partial charge in [0.25, 0.3) is 0 Å². The molecule has 1 aromatic carbocycles. The number of aryl methyl sites for hydroxylation is 1. The van der Waals surface area contributed by atoms with E-state index in [1.165, 1.54) is 28.9 Å². The molecule has 0 saturated carbocycles. The molecule has 1 aromatic heterocycles. The molecule has 0 radical (unpaired) electrons. The third-order valence-electron chi connectivity index (χ3n) is 5.58. The van der Waals surface area contributed by atoms with E-state index in [1.807, 2.05) is 12.1 Å². The molecule has 0 bridgehead atoms. The number of thiocarbonyl (C=S) groups is 1. The van der Waals surface area contributed by atoms with Crippen LogP contribution in [0.3, 0.4) is 0 Å². The molecule has 0 fully saturated rings. The van der Waals surface area contributed by atoms with Crippen LogP contribution in [0, 0.1) is 0 Å². The second-order valence-corrected chi connectivity index (χ2v) is 10.6. The second kappa shape index (κ2) is 11.1. The average Bonchev–Trinajstić information content (AvgIpc) is 3.13. The molecule has 0 unspecified atom stereocenters. The van der Waals surface area contributed by atoms with E-state index < -0.39 is 0 Å². The number of rotatable bonds is 7. The van der Waals surface area contributed by atoms with Gasteiger partial charge < -0.3 is 20.1 Å². The number of carbonyl (C=O) groups excluding carboxylic acids is 2. The molecule has 8 heteroatoms. The van der Waals surface area contributed by atoms with Gasteiger partial charge in [-0.1, -0.05) is 32.9 Å². The highest BCUT2D eigenvalue weighted by atomic mass is 32.1. The summed E-state index contributed by atoms with van der Waals surface area (Å²) in [7, 11) is 1.38. The van der Waals surface area contributed by atoms with Crippen LogP contribution in [0.25, 0.3) is 0 Å². The van der Waals surface area contributed by atoms with Crippen LogP contribution in [0.15, 0.2) is 24.3 Å². The Hall–Kier alpha value is -2.45. The van der Waals surface area contributed by atoms with Crippen LogP contribution in [0.2, 0.25) is 0 Å². The maximum Gasteiger partial charge on any atom is 0.341 e. The smallest absolute Gasteiger partial charge is 0.341 e. The van der Waals surface area contributed by atoms with Gasteiger partial charge in [-0.25, -0.2) is 4.79 Å². The summed E-state index contributed by atoms with van der Waals surface area (Å²) in [6.45, 7) is 6.95. The van der Waals surface area contributed by atoms with Gasteiger partial charge in [-0.05, 0) is 73.0 Å². The number of thiophene rings is 1. The Morgan fingerprint density at radius 1 is 1.12 bits per heavy atom. The van der Waals surface area contributed by atoms with Crippen LogP contribution in [0.4, 0.5) is 5.00 Å². The third kappa shape index (κ3) is 6.77. The molecule has 0 atom stereocenters. The standard InChI is InChI=1S/C25H32N2O4S2/c1-25(2,3)16-11-13-17(14-12-16)31-15-7-10-20(28)26-24(32)27-22-21(23(29)30-4)18-8-5-6-9-19(18)33-22/h11-14H,5-10,15H2,1-4H3,(H2,26,27,28,32). The number of anilines is 1. The summed E-state index contributed by atoms with van der Waals surface area (Å²) in [5.74, 6) is 0.219. The van der Waals surface area contributed by atoms with E-state index >= 15 is 0 Å². The largest absolute Gasteiger partial charge is 0.494 e. The van der Waals surface area contributed by atoms with Gasteiger partial charge >= 0.3 is 5.97 Å². The summed E-state index contributed by atoms with van der Waals surface area (Å²) in [6, 6.07) is 8.05. The molecule has 0 saturated heterocycles. The summed E-state index contributed by atoms with van der Waals surface area (Å²) in [5, 5.41) is 6.55. The van der Waals surface area contributed by atoms with Gasteiger partial charge in [0.15, 0.2) is 5.11 Å². The summed E-state index contributed by atoms with van der Waals surface area (Å²) >= 11 is 6.82. The van der Waals surface area contributed by atoms with E-state index in [1.54, 1.807) is 0 Å². The van der Waals surface area contributed by atoms with Gasteiger partial charge in [0.05, 0.1) is 19.3 Å². The predicted molar refractivity (Wildman–Crippen MR) is 137 cm³/mol. The SMILES string of the molecule is COC(=O)c1c(NC(=S)NC(=O)CCCOc2ccc(C(C)(C)C)cc2)sc2c1CCCC2. The Kier molecular flexibility index (Phi) is 8.48.